The van der Waals surface area contributed by atoms with E-state index >= 15 is 0 Å². The van der Waals surface area contributed by atoms with Crippen LogP contribution in [0.2, 0.25) is 0 Å². The van der Waals surface area contributed by atoms with Gasteiger partial charge >= 0.3 is 0 Å². The van der Waals surface area contributed by atoms with Crippen molar-refractivity contribution in [3.8, 4) is 5.69 Å². The molecule has 0 amide bonds. The molecule has 0 saturated carbocycles. The van der Waals surface area contributed by atoms with Crippen LogP contribution in [-0.4, -0.2) is 25.0 Å². The van der Waals surface area contributed by atoms with Gasteiger partial charge in [-0.25, -0.2) is 14.6 Å². The van der Waals surface area contributed by atoms with Crippen molar-refractivity contribution in [1.82, 2.24) is 25.0 Å². The number of nitrogens with zero attached hydrogens (tertiary/aromatic N) is 5. The number of aromatic nitrogens is 5. The van der Waals surface area contributed by atoms with E-state index in [1.165, 1.54) is 6.33 Å². The molecule has 0 aliphatic carbocycles. The lowest BCUT2D eigenvalue weighted by Crippen LogP contribution is -2.10. The molecule has 2 N–H and O–H groups in total. The van der Waals surface area contributed by atoms with Crippen molar-refractivity contribution in [3.63, 3.8) is 0 Å². The van der Waals surface area contributed by atoms with E-state index < -0.39 is 0 Å². The zero-order valence-electron chi connectivity index (χ0n) is 9.11. The summed E-state index contributed by atoms with van der Waals surface area (Å²) < 4.78 is 1.63. The fourth-order valence-electron chi connectivity index (χ4n) is 1.44. The summed E-state index contributed by atoms with van der Waals surface area (Å²) in [6.45, 7) is 2.09. The summed E-state index contributed by atoms with van der Waals surface area (Å²) in [5, 5.41) is 8.04. The van der Waals surface area contributed by atoms with Gasteiger partial charge < -0.3 is 5.73 Å². The van der Waals surface area contributed by atoms with Gasteiger partial charge in [0.25, 0.3) is 0 Å². The molecule has 0 aliphatic rings. The van der Waals surface area contributed by atoms with Gasteiger partial charge in [-0.15, -0.1) is 5.10 Å². The van der Waals surface area contributed by atoms with Crippen molar-refractivity contribution in [3.05, 3.63) is 30.6 Å². The van der Waals surface area contributed by atoms with Gasteiger partial charge in [0.2, 0.25) is 0 Å². The molecule has 2 aromatic rings. The van der Waals surface area contributed by atoms with Crippen LogP contribution in [0.3, 0.4) is 0 Å². The monoisotopic (exact) mass is 218 g/mol. The average Bonchev–Trinajstić information content (AvgIpc) is 2.80. The van der Waals surface area contributed by atoms with Gasteiger partial charge in [0.1, 0.15) is 12.0 Å². The maximum atomic E-state index is 5.95. The quantitative estimate of drug-likeness (QED) is 0.822. The smallest absolute Gasteiger partial charge is 0.115 e. The second-order valence-electron chi connectivity index (χ2n) is 3.58. The fraction of sp³-hybridized carbons (Fsp3) is 0.400. The van der Waals surface area contributed by atoms with Crippen LogP contribution < -0.4 is 5.73 Å². The molecule has 2 rings (SSSR count). The zero-order chi connectivity index (χ0) is 11.4. The maximum absolute atomic E-state index is 5.95. The van der Waals surface area contributed by atoms with E-state index in [1.54, 1.807) is 17.1 Å². The summed E-state index contributed by atoms with van der Waals surface area (Å²) in [7, 11) is 0. The van der Waals surface area contributed by atoms with Crippen LogP contribution >= 0.6 is 0 Å². The van der Waals surface area contributed by atoms with Crippen LogP contribution in [-0.2, 0) is 0 Å². The highest BCUT2D eigenvalue weighted by Crippen LogP contribution is 2.13. The second kappa shape index (κ2) is 4.80. The first-order chi connectivity index (χ1) is 7.81. The van der Waals surface area contributed by atoms with Crippen LogP contribution in [0.4, 0.5) is 0 Å². The standard InChI is InChI=1S/C10H14N6/c1-2-3-9(11)10-6-16(15-14-10)8-4-12-7-13-5-8/h4-7,9H,2-3,11H2,1H3. The first-order valence-electron chi connectivity index (χ1n) is 5.24. The average molecular weight is 218 g/mol. The summed E-state index contributed by atoms with van der Waals surface area (Å²) in [5.74, 6) is 0. The summed E-state index contributed by atoms with van der Waals surface area (Å²) in [6.07, 6.45) is 8.59. The Bertz CT molecular complexity index is 438. The molecule has 1 atom stereocenters. The predicted octanol–water partition coefficient (Wildman–Crippen LogP) is 0.857. The summed E-state index contributed by atoms with van der Waals surface area (Å²) in [5.41, 5.74) is 7.53. The van der Waals surface area contributed by atoms with Crippen molar-refractivity contribution in [2.75, 3.05) is 0 Å². The number of hydrogen-bond acceptors (Lipinski definition) is 5. The largest absolute Gasteiger partial charge is 0.323 e. The van der Waals surface area contributed by atoms with E-state index in [-0.39, 0.29) is 6.04 Å². The van der Waals surface area contributed by atoms with Gasteiger partial charge in [-0.1, -0.05) is 18.6 Å². The molecule has 0 aromatic carbocycles. The molecule has 84 valence electrons. The molecule has 0 radical (unpaired) electrons. The van der Waals surface area contributed by atoms with Gasteiger partial charge in [-0.05, 0) is 6.42 Å². The zero-order valence-corrected chi connectivity index (χ0v) is 9.11. The SMILES string of the molecule is CCCC(N)c1cn(-c2cncnc2)nn1. The Balaban J connectivity index is 2.20. The minimum Gasteiger partial charge on any atom is -0.323 e. The van der Waals surface area contributed by atoms with Gasteiger partial charge in [-0.3, -0.25) is 0 Å². The number of nitrogens with two attached hydrogens (primary N) is 1. The minimum absolute atomic E-state index is 0.0524. The highest BCUT2D eigenvalue weighted by atomic mass is 15.4. The Kier molecular flexibility index (Phi) is 3.21. The molecule has 2 aromatic heterocycles. The van der Waals surface area contributed by atoms with Crippen LogP contribution in [0.5, 0.6) is 0 Å². The first kappa shape index (κ1) is 10.7. The molecule has 0 saturated heterocycles. The molecule has 16 heavy (non-hydrogen) atoms. The molecule has 1 unspecified atom stereocenters. The molecule has 0 aliphatic heterocycles. The normalized spacial score (nSPS) is 12.6. The topological polar surface area (TPSA) is 82.5 Å². The Labute approximate surface area is 93.5 Å². The van der Waals surface area contributed by atoms with E-state index in [9.17, 15) is 0 Å². The molecule has 0 fully saturated rings. The number of hydrogen-bond donors (Lipinski definition) is 1. The van der Waals surface area contributed by atoms with E-state index in [2.05, 4.69) is 27.2 Å². The predicted molar refractivity (Wildman–Crippen MR) is 58.8 cm³/mol. The highest BCUT2D eigenvalue weighted by molar-refractivity contribution is 5.23. The van der Waals surface area contributed by atoms with Crippen molar-refractivity contribution in [1.29, 1.82) is 0 Å². The maximum Gasteiger partial charge on any atom is 0.115 e. The van der Waals surface area contributed by atoms with E-state index in [4.69, 9.17) is 5.73 Å². The lowest BCUT2D eigenvalue weighted by Gasteiger charge is -2.04. The van der Waals surface area contributed by atoms with Crippen molar-refractivity contribution < 1.29 is 0 Å². The van der Waals surface area contributed by atoms with Crippen molar-refractivity contribution >= 4 is 0 Å². The van der Waals surface area contributed by atoms with Crippen LogP contribution in [0, 0.1) is 0 Å². The number of rotatable bonds is 4. The first-order valence-corrected chi connectivity index (χ1v) is 5.24. The summed E-state index contributed by atoms with van der Waals surface area (Å²) >= 11 is 0. The minimum atomic E-state index is -0.0524. The van der Waals surface area contributed by atoms with E-state index in [1.807, 2.05) is 6.20 Å². The molecule has 0 bridgehead atoms. The molecule has 6 nitrogen and oxygen atoms in total. The Morgan fingerprint density at radius 3 is 2.81 bits per heavy atom. The van der Waals surface area contributed by atoms with Crippen molar-refractivity contribution in [2.45, 2.75) is 25.8 Å². The Morgan fingerprint density at radius 2 is 2.12 bits per heavy atom. The van der Waals surface area contributed by atoms with Crippen LogP contribution in [0.15, 0.2) is 24.9 Å². The molecular weight excluding hydrogens is 204 g/mol. The molecular formula is C10H14N6. The van der Waals surface area contributed by atoms with Gasteiger partial charge in [0.15, 0.2) is 0 Å². The van der Waals surface area contributed by atoms with E-state index in [0.29, 0.717) is 0 Å². The van der Waals surface area contributed by atoms with Gasteiger partial charge in [-0.2, -0.15) is 0 Å². The lowest BCUT2D eigenvalue weighted by molar-refractivity contribution is 0.619. The second-order valence-corrected chi connectivity index (χ2v) is 3.58. The fourth-order valence-corrected chi connectivity index (χ4v) is 1.44. The molecule has 6 heteroatoms. The van der Waals surface area contributed by atoms with Crippen LogP contribution in [0.1, 0.15) is 31.5 Å². The highest BCUT2D eigenvalue weighted by Gasteiger charge is 2.10. The summed E-state index contributed by atoms with van der Waals surface area (Å²) in [6, 6.07) is -0.0524. The Hall–Kier alpha value is -1.82. The third-order valence-electron chi connectivity index (χ3n) is 2.30. The third kappa shape index (κ3) is 2.22. The van der Waals surface area contributed by atoms with Gasteiger partial charge in [0, 0.05) is 0 Å². The molecule has 2 heterocycles. The van der Waals surface area contributed by atoms with E-state index in [0.717, 1.165) is 24.2 Å². The van der Waals surface area contributed by atoms with Crippen molar-refractivity contribution in [2.24, 2.45) is 5.73 Å². The van der Waals surface area contributed by atoms with Crippen LogP contribution in [0.25, 0.3) is 5.69 Å². The lowest BCUT2D eigenvalue weighted by atomic mass is 10.1. The Morgan fingerprint density at radius 1 is 1.38 bits per heavy atom. The van der Waals surface area contributed by atoms with Gasteiger partial charge in [0.05, 0.1) is 30.3 Å². The third-order valence-corrected chi connectivity index (χ3v) is 2.30. The molecule has 0 spiro atoms. The summed E-state index contributed by atoms with van der Waals surface area (Å²) in [4.78, 5) is 7.84.